The number of halogens is 1. The minimum absolute atomic E-state index is 0.0929. The lowest BCUT2D eigenvalue weighted by atomic mass is 9.58. The fourth-order valence-corrected chi connectivity index (χ4v) is 3.63. The monoisotopic (exact) mass is 330 g/mol. The van der Waals surface area contributed by atoms with E-state index in [0.29, 0.717) is 12.5 Å². The summed E-state index contributed by atoms with van der Waals surface area (Å²) >= 11 is 3.54. The SMILES string of the molecule is [C-]#[N+]CC1CC(c2cccc(Br)c2)(c2nncn2C)C1. The van der Waals surface area contributed by atoms with Crippen molar-refractivity contribution in [2.75, 3.05) is 6.54 Å². The molecule has 0 saturated heterocycles. The quantitative estimate of drug-likeness (QED) is 0.810. The van der Waals surface area contributed by atoms with Gasteiger partial charge < -0.3 is 9.41 Å². The van der Waals surface area contributed by atoms with Gasteiger partial charge in [0.25, 0.3) is 0 Å². The van der Waals surface area contributed by atoms with Crippen LogP contribution in [0.15, 0.2) is 35.1 Å². The van der Waals surface area contributed by atoms with E-state index in [1.807, 2.05) is 17.7 Å². The molecule has 0 amide bonds. The van der Waals surface area contributed by atoms with Gasteiger partial charge in [0.05, 0.1) is 5.41 Å². The van der Waals surface area contributed by atoms with Crippen molar-refractivity contribution in [2.24, 2.45) is 13.0 Å². The second kappa shape index (κ2) is 5.02. The molecule has 0 radical (unpaired) electrons. The Hall–Kier alpha value is -1.67. The van der Waals surface area contributed by atoms with Crippen molar-refractivity contribution in [3.63, 3.8) is 0 Å². The van der Waals surface area contributed by atoms with Gasteiger partial charge in [0.1, 0.15) is 12.2 Å². The molecule has 1 aromatic carbocycles. The molecular formula is C15H15BrN4. The van der Waals surface area contributed by atoms with Crippen LogP contribution in [-0.2, 0) is 12.5 Å². The van der Waals surface area contributed by atoms with E-state index in [0.717, 1.165) is 23.1 Å². The molecule has 0 spiro atoms. The normalized spacial score (nSPS) is 24.9. The molecule has 1 aliphatic carbocycles. The van der Waals surface area contributed by atoms with Gasteiger partial charge in [-0.3, -0.25) is 0 Å². The minimum Gasteiger partial charge on any atom is -0.320 e. The number of aromatic nitrogens is 3. The lowest BCUT2D eigenvalue weighted by molar-refractivity contribution is 0.182. The standard InChI is InChI=1S/C15H15BrN4/c1-17-9-11-7-15(8-11,14-19-18-10-20(14)2)12-4-3-5-13(16)6-12/h3-6,10-11H,7-9H2,2H3. The van der Waals surface area contributed by atoms with Crippen LogP contribution in [0.3, 0.4) is 0 Å². The summed E-state index contributed by atoms with van der Waals surface area (Å²) < 4.78 is 3.07. The second-order valence-corrected chi connectivity index (χ2v) is 6.39. The summed E-state index contributed by atoms with van der Waals surface area (Å²) in [4.78, 5) is 3.54. The van der Waals surface area contributed by atoms with Gasteiger partial charge >= 0.3 is 0 Å². The maximum Gasteiger partial charge on any atom is 0.217 e. The fraction of sp³-hybridized carbons (Fsp3) is 0.400. The third-order valence-corrected chi connectivity index (χ3v) is 4.63. The number of hydrogen-bond donors (Lipinski definition) is 0. The summed E-state index contributed by atoms with van der Waals surface area (Å²) in [6.45, 7) is 7.64. The molecule has 0 atom stereocenters. The van der Waals surface area contributed by atoms with Gasteiger partial charge in [0, 0.05) is 17.4 Å². The first-order valence-electron chi connectivity index (χ1n) is 6.59. The smallest absolute Gasteiger partial charge is 0.217 e. The van der Waals surface area contributed by atoms with E-state index < -0.39 is 0 Å². The molecule has 2 aromatic rings. The van der Waals surface area contributed by atoms with Crippen LogP contribution < -0.4 is 0 Å². The zero-order valence-electron chi connectivity index (χ0n) is 11.3. The van der Waals surface area contributed by atoms with Crippen LogP contribution in [0.5, 0.6) is 0 Å². The summed E-state index contributed by atoms with van der Waals surface area (Å²) in [5, 5.41) is 8.36. The van der Waals surface area contributed by atoms with Gasteiger partial charge in [-0.2, -0.15) is 0 Å². The predicted molar refractivity (Wildman–Crippen MR) is 80.1 cm³/mol. The molecule has 0 N–H and O–H groups in total. The van der Waals surface area contributed by atoms with Crippen LogP contribution in [0.25, 0.3) is 4.85 Å². The molecule has 0 unspecified atom stereocenters. The van der Waals surface area contributed by atoms with Crippen molar-refractivity contribution in [3.8, 4) is 0 Å². The van der Waals surface area contributed by atoms with Gasteiger partial charge in [-0.25, -0.2) is 6.57 Å². The molecule has 1 saturated carbocycles. The first kappa shape index (κ1) is 13.3. The zero-order valence-corrected chi connectivity index (χ0v) is 12.8. The molecule has 20 heavy (non-hydrogen) atoms. The summed E-state index contributed by atoms with van der Waals surface area (Å²) in [6.07, 6.45) is 3.69. The second-order valence-electron chi connectivity index (χ2n) is 5.47. The Balaban J connectivity index is 2.03. The van der Waals surface area contributed by atoms with Crippen molar-refractivity contribution in [1.29, 1.82) is 0 Å². The van der Waals surface area contributed by atoms with Crippen LogP contribution in [-0.4, -0.2) is 21.3 Å². The van der Waals surface area contributed by atoms with Gasteiger partial charge in [0.15, 0.2) is 0 Å². The Morgan fingerprint density at radius 3 is 2.90 bits per heavy atom. The van der Waals surface area contributed by atoms with Crippen molar-refractivity contribution in [3.05, 3.63) is 57.9 Å². The summed E-state index contributed by atoms with van der Waals surface area (Å²) in [7, 11) is 1.98. The van der Waals surface area contributed by atoms with Crippen LogP contribution in [0, 0.1) is 12.5 Å². The van der Waals surface area contributed by atoms with E-state index in [4.69, 9.17) is 6.57 Å². The van der Waals surface area contributed by atoms with Crippen LogP contribution in [0.1, 0.15) is 24.2 Å². The maximum atomic E-state index is 7.04. The summed E-state index contributed by atoms with van der Waals surface area (Å²) in [5.41, 5.74) is 1.16. The molecule has 3 rings (SSSR count). The molecule has 1 aromatic heterocycles. The number of nitrogens with zero attached hydrogens (tertiary/aromatic N) is 4. The Morgan fingerprint density at radius 1 is 1.50 bits per heavy atom. The van der Waals surface area contributed by atoms with Crippen molar-refractivity contribution in [1.82, 2.24) is 14.8 Å². The fourth-order valence-electron chi connectivity index (χ4n) is 3.23. The predicted octanol–water partition coefficient (Wildman–Crippen LogP) is 3.19. The number of benzene rings is 1. The van der Waals surface area contributed by atoms with Crippen molar-refractivity contribution >= 4 is 15.9 Å². The van der Waals surface area contributed by atoms with E-state index in [-0.39, 0.29) is 5.41 Å². The third kappa shape index (κ3) is 2.04. The van der Waals surface area contributed by atoms with E-state index >= 15 is 0 Å². The molecule has 4 nitrogen and oxygen atoms in total. The topological polar surface area (TPSA) is 35.1 Å². The highest BCUT2D eigenvalue weighted by molar-refractivity contribution is 9.10. The molecule has 0 bridgehead atoms. The van der Waals surface area contributed by atoms with Gasteiger partial charge in [0.2, 0.25) is 6.54 Å². The molecule has 0 aliphatic heterocycles. The van der Waals surface area contributed by atoms with Crippen molar-refractivity contribution < 1.29 is 0 Å². The van der Waals surface area contributed by atoms with Gasteiger partial charge in [-0.1, -0.05) is 28.1 Å². The van der Waals surface area contributed by atoms with Crippen LogP contribution in [0.4, 0.5) is 0 Å². The molecule has 1 fully saturated rings. The van der Waals surface area contributed by atoms with E-state index in [1.54, 1.807) is 6.33 Å². The molecule has 5 heteroatoms. The summed E-state index contributed by atoms with van der Waals surface area (Å²) in [6, 6.07) is 8.39. The third-order valence-electron chi connectivity index (χ3n) is 4.14. The lowest BCUT2D eigenvalue weighted by Crippen LogP contribution is -2.45. The Bertz CT molecular complexity index is 665. The number of hydrogen-bond acceptors (Lipinski definition) is 2. The van der Waals surface area contributed by atoms with E-state index in [2.05, 4.69) is 49.2 Å². The highest BCUT2D eigenvalue weighted by Gasteiger charge is 2.51. The average molecular weight is 331 g/mol. The van der Waals surface area contributed by atoms with Crippen LogP contribution >= 0.6 is 15.9 Å². The Kier molecular flexibility index (Phi) is 3.35. The lowest BCUT2D eigenvalue weighted by Gasteiger charge is -2.45. The minimum atomic E-state index is -0.0929. The highest BCUT2D eigenvalue weighted by atomic mass is 79.9. The van der Waals surface area contributed by atoms with Gasteiger partial charge in [-0.05, 0) is 30.5 Å². The molecular weight excluding hydrogens is 316 g/mol. The van der Waals surface area contributed by atoms with E-state index in [9.17, 15) is 0 Å². The first-order chi connectivity index (χ1) is 9.65. The molecule has 1 aliphatic rings. The Morgan fingerprint density at radius 2 is 2.30 bits per heavy atom. The molecule has 102 valence electrons. The largest absolute Gasteiger partial charge is 0.320 e. The summed E-state index contributed by atoms with van der Waals surface area (Å²) in [5.74, 6) is 1.46. The first-order valence-corrected chi connectivity index (χ1v) is 7.39. The number of aryl methyl sites for hydroxylation is 1. The van der Waals surface area contributed by atoms with Crippen LogP contribution in [0.2, 0.25) is 0 Å². The number of rotatable bonds is 3. The van der Waals surface area contributed by atoms with Crippen molar-refractivity contribution in [2.45, 2.75) is 18.3 Å². The highest BCUT2D eigenvalue weighted by Crippen LogP contribution is 2.52. The Labute approximate surface area is 126 Å². The van der Waals surface area contributed by atoms with E-state index in [1.165, 1.54) is 5.56 Å². The van der Waals surface area contributed by atoms with Gasteiger partial charge in [-0.15, -0.1) is 10.2 Å². The molecule has 1 heterocycles. The maximum absolute atomic E-state index is 7.04. The zero-order chi connectivity index (χ0) is 14.2. The average Bonchev–Trinajstić information content (AvgIpc) is 2.80.